The first-order valence-corrected chi connectivity index (χ1v) is 28.8. The van der Waals surface area contributed by atoms with Gasteiger partial charge in [-0.1, -0.05) is 87.5 Å². The first-order valence-electron chi connectivity index (χ1n) is 27.6. The Kier molecular flexibility index (Phi) is 18.7. The molecule has 0 aliphatic carbocycles. The van der Waals surface area contributed by atoms with Crippen LogP contribution in [0.4, 0.5) is 15.9 Å². The number of piperazine rings is 1. The third-order valence-electron chi connectivity index (χ3n) is 15.6. The maximum Gasteiger partial charge on any atom is 0.318 e. The number of amides is 4. The van der Waals surface area contributed by atoms with Gasteiger partial charge in [-0.25, -0.2) is 9.37 Å². The van der Waals surface area contributed by atoms with E-state index < -0.39 is 47.3 Å². The molecule has 4 aliphatic rings. The number of likely N-dealkylation sites (tertiary alicyclic amines) is 2. The Labute approximate surface area is 475 Å². The van der Waals surface area contributed by atoms with E-state index in [1.165, 1.54) is 9.80 Å². The lowest BCUT2D eigenvalue weighted by atomic mass is 9.85. The molecule has 3 fully saturated rings. The van der Waals surface area contributed by atoms with E-state index in [0.717, 1.165) is 75.3 Å². The molecule has 80 heavy (non-hydrogen) atoms. The van der Waals surface area contributed by atoms with Gasteiger partial charge in [-0.2, -0.15) is 15.2 Å². The molecule has 424 valence electrons. The zero-order valence-electron chi connectivity index (χ0n) is 46.0. The molecule has 3 aromatic carbocycles. The molecule has 18 nitrogen and oxygen atoms in total. The molecule has 0 spiro atoms. The highest BCUT2D eigenvalue weighted by Crippen LogP contribution is 2.38. The number of carbonyl (C=O) groups excluding carboxylic acids is 4. The van der Waals surface area contributed by atoms with Crippen molar-refractivity contribution in [3.8, 4) is 22.5 Å². The number of nitrogens with zero attached hydrogens (tertiary/aromatic N) is 9. The van der Waals surface area contributed by atoms with Gasteiger partial charge >= 0.3 is 6.01 Å². The van der Waals surface area contributed by atoms with Crippen LogP contribution in [0.25, 0.3) is 21.2 Å². The molecule has 0 bridgehead atoms. The SMILES string of the molecule is C=C(F)C(=O)N1CCN(c2nc(OC[C@H]3CCCN3CCCOCCC(=O)N[C@H](C(=O)N3C[C@H](O)C[C@H]3C(=O)NCc3ccc(-c4scnc4C)cc3)C(C)(C)C)nc3c2CCN(c2cccc4cccc(Cl)c24)C3)C[C@H]1CC#N. The Morgan fingerprint density at radius 2 is 1.77 bits per heavy atom. The highest BCUT2D eigenvalue weighted by Gasteiger charge is 2.45. The summed E-state index contributed by atoms with van der Waals surface area (Å²) in [4.78, 5) is 78.9. The van der Waals surface area contributed by atoms with Crippen molar-refractivity contribution in [1.82, 2.24) is 40.3 Å². The van der Waals surface area contributed by atoms with Crippen LogP contribution in [-0.4, -0.2) is 154 Å². The molecule has 2 aromatic heterocycles. The van der Waals surface area contributed by atoms with Crippen LogP contribution in [0.5, 0.6) is 6.01 Å². The summed E-state index contributed by atoms with van der Waals surface area (Å²) in [6.45, 7) is 15.5. The summed E-state index contributed by atoms with van der Waals surface area (Å²) >= 11 is 8.36. The molecule has 5 atom stereocenters. The number of nitriles is 1. The molecule has 0 saturated carbocycles. The quantitative estimate of drug-likeness (QED) is 0.0523. The molecule has 4 amide bonds. The Morgan fingerprint density at radius 1 is 0.988 bits per heavy atom. The molecule has 3 saturated heterocycles. The topological polar surface area (TPSA) is 210 Å². The highest BCUT2D eigenvalue weighted by molar-refractivity contribution is 7.13. The summed E-state index contributed by atoms with van der Waals surface area (Å²) in [6.07, 6.45) is 2.49. The second kappa shape index (κ2) is 25.8. The molecular formula is C59H71ClFN11O7S. The summed E-state index contributed by atoms with van der Waals surface area (Å²) in [7, 11) is 0. The van der Waals surface area contributed by atoms with Gasteiger partial charge < -0.3 is 44.8 Å². The van der Waals surface area contributed by atoms with E-state index in [9.17, 15) is 33.9 Å². The number of halogens is 2. The number of aromatic nitrogens is 3. The Morgan fingerprint density at radius 3 is 2.51 bits per heavy atom. The van der Waals surface area contributed by atoms with E-state index in [0.29, 0.717) is 56.5 Å². The number of rotatable bonds is 20. The van der Waals surface area contributed by atoms with Gasteiger partial charge in [-0.15, -0.1) is 11.3 Å². The number of benzene rings is 3. The first kappa shape index (κ1) is 57.9. The van der Waals surface area contributed by atoms with Gasteiger partial charge in [0.25, 0.3) is 5.91 Å². The number of carbonyl (C=O) groups is 4. The molecular weight excluding hydrogens is 1060 g/mol. The van der Waals surface area contributed by atoms with Crippen molar-refractivity contribution in [2.24, 2.45) is 5.41 Å². The Hall–Kier alpha value is -6.76. The second-order valence-electron chi connectivity index (χ2n) is 22.2. The summed E-state index contributed by atoms with van der Waals surface area (Å²) in [5.41, 5.74) is 6.77. The van der Waals surface area contributed by atoms with Crippen molar-refractivity contribution in [3.63, 3.8) is 0 Å². The van der Waals surface area contributed by atoms with Gasteiger partial charge in [-0.3, -0.25) is 24.1 Å². The third-order valence-corrected chi connectivity index (χ3v) is 16.9. The molecule has 0 radical (unpaired) electrons. The summed E-state index contributed by atoms with van der Waals surface area (Å²) in [5, 5.41) is 28.9. The fraction of sp³-hybridized carbons (Fsp3) is 0.492. The molecule has 0 unspecified atom stereocenters. The maximum absolute atomic E-state index is 14.2. The zero-order chi connectivity index (χ0) is 56.7. The molecule has 4 aliphatic heterocycles. The first-order chi connectivity index (χ1) is 38.5. The van der Waals surface area contributed by atoms with Gasteiger partial charge in [0.15, 0.2) is 5.83 Å². The fourth-order valence-electron chi connectivity index (χ4n) is 11.4. The lowest BCUT2D eigenvalue weighted by molar-refractivity contribution is -0.144. The summed E-state index contributed by atoms with van der Waals surface area (Å²) in [6, 6.07) is 20.0. The predicted octanol–water partition coefficient (Wildman–Crippen LogP) is 7.14. The number of ether oxygens (including phenoxy) is 2. The van der Waals surface area contributed by atoms with Crippen molar-refractivity contribution in [1.29, 1.82) is 5.26 Å². The largest absolute Gasteiger partial charge is 0.462 e. The van der Waals surface area contributed by atoms with Crippen molar-refractivity contribution < 1.29 is 38.1 Å². The van der Waals surface area contributed by atoms with E-state index in [1.807, 2.05) is 87.8 Å². The van der Waals surface area contributed by atoms with Crippen LogP contribution in [0, 0.1) is 23.7 Å². The maximum atomic E-state index is 14.2. The molecule has 5 aromatic rings. The monoisotopic (exact) mass is 1130 g/mol. The number of fused-ring (bicyclic) bond motifs is 2. The smallest absolute Gasteiger partial charge is 0.318 e. The number of aliphatic hydroxyl groups is 1. The average molecular weight is 1130 g/mol. The van der Waals surface area contributed by atoms with Crippen LogP contribution < -0.4 is 25.2 Å². The highest BCUT2D eigenvalue weighted by atomic mass is 35.5. The number of hydrogen-bond donors (Lipinski definition) is 3. The van der Waals surface area contributed by atoms with E-state index in [2.05, 4.69) is 49.0 Å². The number of aryl methyl sites for hydroxylation is 1. The van der Waals surface area contributed by atoms with Crippen LogP contribution in [-0.2, 0) is 43.4 Å². The number of anilines is 2. The number of thiazole rings is 1. The van der Waals surface area contributed by atoms with Crippen molar-refractivity contribution in [2.75, 3.05) is 75.4 Å². The lowest BCUT2D eigenvalue weighted by Gasteiger charge is -2.42. The average Bonchev–Trinajstić information content (AvgIpc) is 4.28. The van der Waals surface area contributed by atoms with Crippen LogP contribution in [0.15, 0.2) is 78.6 Å². The standard InChI is InChI=1S/C59H71ClFN11O7S/c1-37(61)56(76)71-27-26-70(32-42(71)19-22-62)54-45-20-25-69(48-14-7-11-40-10-6-13-46(60)51(40)48)34-47(45)65-58(67-54)79-35-43-12-8-23-68(43)24-9-28-78-29-21-50(74)66-53(59(3,4)5)57(77)72-33-44(73)30-49(72)55(75)63-31-39-15-17-41(18-16-39)52-38(2)64-36-80-52/h6-7,10-11,13-18,36,42-44,49,53,73H,1,8-9,12,19-21,23-35H2,2-5H3,(H,63,75)(H,66,74)/t42-,43-,44-,49+,53-/m1/s1. The Bertz CT molecular complexity index is 3110. The lowest BCUT2D eigenvalue weighted by Crippen LogP contribution is -2.57. The molecule has 21 heteroatoms. The number of aliphatic hydroxyl groups excluding tert-OH is 1. The zero-order valence-corrected chi connectivity index (χ0v) is 47.5. The third kappa shape index (κ3) is 13.5. The van der Waals surface area contributed by atoms with Gasteiger partial charge in [0.1, 0.15) is 24.5 Å². The van der Waals surface area contributed by atoms with Crippen molar-refractivity contribution in [3.05, 3.63) is 106 Å². The molecule has 6 heterocycles. The van der Waals surface area contributed by atoms with Crippen molar-refractivity contribution >= 4 is 68.8 Å². The number of β-amino-alcohol motifs (C(OH)–C–C–N with tert-alkyl or cyclic N) is 1. The van der Waals surface area contributed by atoms with Gasteiger partial charge in [0, 0.05) is 87.9 Å². The van der Waals surface area contributed by atoms with E-state index in [1.54, 1.807) is 11.3 Å². The summed E-state index contributed by atoms with van der Waals surface area (Å²) in [5.74, 6) is -2.33. The predicted molar refractivity (Wildman–Crippen MR) is 306 cm³/mol. The van der Waals surface area contributed by atoms with Crippen LogP contribution in [0.2, 0.25) is 5.02 Å². The minimum absolute atomic E-state index is 0.0172. The summed E-state index contributed by atoms with van der Waals surface area (Å²) < 4.78 is 26.6. The number of hydrogen-bond acceptors (Lipinski definition) is 15. The Balaban J connectivity index is 0.772. The van der Waals surface area contributed by atoms with Crippen molar-refractivity contribution in [2.45, 2.75) is 116 Å². The van der Waals surface area contributed by atoms with Crippen LogP contribution in [0.3, 0.4) is 0 Å². The van der Waals surface area contributed by atoms with Gasteiger partial charge in [0.05, 0.1) is 64.6 Å². The van der Waals surface area contributed by atoms with Crippen LogP contribution >= 0.6 is 22.9 Å². The minimum Gasteiger partial charge on any atom is -0.462 e. The molecule has 3 N–H and O–H groups in total. The van der Waals surface area contributed by atoms with E-state index in [4.69, 9.17) is 31.0 Å². The number of nitrogens with one attached hydrogen (secondary N) is 2. The molecule has 9 rings (SSSR count). The van der Waals surface area contributed by atoms with E-state index >= 15 is 0 Å². The fourth-order valence-corrected chi connectivity index (χ4v) is 12.5. The van der Waals surface area contributed by atoms with Gasteiger partial charge in [0.2, 0.25) is 17.7 Å². The van der Waals surface area contributed by atoms with E-state index in [-0.39, 0.29) is 75.9 Å². The normalized spacial score (nSPS) is 19.9. The van der Waals surface area contributed by atoms with Crippen LogP contribution in [0.1, 0.15) is 81.8 Å². The minimum atomic E-state index is -1.06. The second-order valence-corrected chi connectivity index (χ2v) is 23.5. The van der Waals surface area contributed by atoms with Gasteiger partial charge in [-0.05, 0) is 73.2 Å².